The van der Waals surface area contributed by atoms with Gasteiger partial charge in [0.25, 0.3) is 0 Å². The van der Waals surface area contributed by atoms with E-state index in [9.17, 15) is 8.78 Å². The topological polar surface area (TPSA) is 0 Å². The molecule has 0 bridgehead atoms. The minimum Gasteiger partial charge on any atom is -0.206 e. The third-order valence-corrected chi connectivity index (χ3v) is 7.33. The lowest BCUT2D eigenvalue weighted by Gasteiger charge is -2.28. The number of benzene rings is 3. The first-order chi connectivity index (χ1) is 16.5. The van der Waals surface area contributed by atoms with E-state index in [2.05, 4.69) is 37.8 Å². The summed E-state index contributed by atoms with van der Waals surface area (Å²) in [5, 5.41) is 0.0969. The zero-order valence-corrected chi connectivity index (χ0v) is 19.9. The van der Waals surface area contributed by atoms with Crippen molar-refractivity contribution >= 4 is 10.8 Å². The number of aryl methyl sites for hydroxylation is 1. The van der Waals surface area contributed by atoms with E-state index < -0.39 is 17.5 Å². The van der Waals surface area contributed by atoms with Gasteiger partial charge >= 0.3 is 0 Å². The van der Waals surface area contributed by atoms with E-state index >= 15 is 4.39 Å². The molecule has 3 aromatic rings. The summed E-state index contributed by atoms with van der Waals surface area (Å²) < 4.78 is 44.8. The molecular weight excluding hydrogens is 429 g/mol. The summed E-state index contributed by atoms with van der Waals surface area (Å²) in [5.74, 6) is -1.45. The predicted octanol–water partition coefficient (Wildman–Crippen LogP) is 9.67. The summed E-state index contributed by atoms with van der Waals surface area (Å²) in [6, 6.07) is 12.8. The Labute approximate surface area is 201 Å². The van der Waals surface area contributed by atoms with E-state index in [0.717, 1.165) is 5.92 Å². The number of halogens is 3. The second-order valence-electron chi connectivity index (χ2n) is 9.50. The van der Waals surface area contributed by atoms with Crippen LogP contribution < -0.4 is 0 Å². The van der Waals surface area contributed by atoms with Crippen LogP contribution in [0.5, 0.6) is 0 Å². The van der Waals surface area contributed by atoms with Gasteiger partial charge in [0.1, 0.15) is 5.82 Å². The van der Waals surface area contributed by atoms with E-state index in [1.807, 2.05) is 12.1 Å². The Hall–Kier alpha value is -2.81. The van der Waals surface area contributed by atoms with Gasteiger partial charge in [-0.2, -0.15) is 0 Å². The van der Waals surface area contributed by atoms with Crippen LogP contribution in [0.4, 0.5) is 13.2 Å². The SMILES string of the molecule is C=CCCc1cc2ccc(-c3ccc(C4CCC(CC/C=C/C)CC4)cc3)c(F)c2c(F)c1F. The van der Waals surface area contributed by atoms with E-state index in [1.165, 1.54) is 44.1 Å². The van der Waals surface area contributed by atoms with Gasteiger partial charge < -0.3 is 0 Å². The van der Waals surface area contributed by atoms with Gasteiger partial charge in [-0.1, -0.05) is 54.6 Å². The fourth-order valence-corrected chi connectivity index (χ4v) is 5.32. The third kappa shape index (κ3) is 5.14. The van der Waals surface area contributed by atoms with Crippen molar-refractivity contribution < 1.29 is 13.2 Å². The Kier molecular flexibility index (Phi) is 7.92. The molecule has 0 N–H and O–H groups in total. The lowest BCUT2D eigenvalue weighted by molar-refractivity contribution is 0.312. The molecule has 0 aliphatic heterocycles. The molecule has 3 heteroatoms. The van der Waals surface area contributed by atoms with Crippen LogP contribution in [0.1, 0.15) is 68.9 Å². The highest BCUT2D eigenvalue weighted by Crippen LogP contribution is 2.39. The van der Waals surface area contributed by atoms with Gasteiger partial charge in [-0.15, -0.1) is 6.58 Å². The molecule has 1 aliphatic carbocycles. The molecule has 1 aliphatic rings. The molecule has 3 aromatic carbocycles. The lowest BCUT2D eigenvalue weighted by Crippen LogP contribution is -2.13. The zero-order valence-electron chi connectivity index (χ0n) is 19.9. The van der Waals surface area contributed by atoms with Gasteiger partial charge in [-0.3, -0.25) is 0 Å². The molecule has 0 amide bonds. The second kappa shape index (κ2) is 11.1. The van der Waals surface area contributed by atoms with Crippen molar-refractivity contribution in [2.24, 2.45) is 5.92 Å². The van der Waals surface area contributed by atoms with E-state index in [4.69, 9.17) is 0 Å². The average Bonchev–Trinajstić information content (AvgIpc) is 2.86. The third-order valence-electron chi connectivity index (χ3n) is 7.33. The van der Waals surface area contributed by atoms with Crippen LogP contribution in [-0.2, 0) is 6.42 Å². The number of allylic oxidation sites excluding steroid dienone is 3. The van der Waals surface area contributed by atoms with E-state index in [1.54, 1.807) is 24.3 Å². The van der Waals surface area contributed by atoms with Gasteiger partial charge in [-0.25, -0.2) is 13.2 Å². The Morgan fingerprint density at radius 2 is 1.62 bits per heavy atom. The Morgan fingerprint density at radius 1 is 0.882 bits per heavy atom. The monoisotopic (exact) mass is 462 g/mol. The Bertz CT molecular complexity index is 1170. The van der Waals surface area contributed by atoms with Crippen LogP contribution in [0, 0.1) is 23.4 Å². The van der Waals surface area contributed by atoms with Crippen molar-refractivity contribution in [2.45, 2.75) is 64.2 Å². The molecule has 0 nitrogen and oxygen atoms in total. The lowest BCUT2D eigenvalue weighted by atomic mass is 9.77. The van der Waals surface area contributed by atoms with Gasteiger partial charge in [0.15, 0.2) is 11.6 Å². The standard InChI is InChI=1S/C31H33F3/c1-3-5-7-8-21-10-12-22(13-11-21)23-14-16-24(17-15-23)27-19-18-25-20-26(9-6-4-2)29(32)31(34)28(25)30(27)33/h3-5,14-22H,2,6-13H2,1H3/b5-3+. The van der Waals surface area contributed by atoms with Crippen molar-refractivity contribution in [3.05, 3.63) is 95.9 Å². The molecule has 0 saturated heterocycles. The minimum atomic E-state index is -1.11. The van der Waals surface area contributed by atoms with E-state index in [-0.39, 0.29) is 10.9 Å². The second-order valence-corrected chi connectivity index (χ2v) is 9.50. The molecule has 4 rings (SSSR count). The van der Waals surface area contributed by atoms with Gasteiger partial charge in [0.2, 0.25) is 0 Å². The van der Waals surface area contributed by atoms with Crippen LogP contribution in [-0.4, -0.2) is 0 Å². The summed E-state index contributed by atoms with van der Waals surface area (Å²) in [4.78, 5) is 0. The van der Waals surface area contributed by atoms with Crippen molar-refractivity contribution in [1.82, 2.24) is 0 Å². The number of hydrogen-bond donors (Lipinski definition) is 0. The summed E-state index contributed by atoms with van der Waals surface area (Å²) in [7, 11) is 0. The molecule has 0 atom stereocenters. The first kappa shape index (κ1) is 24.3. The maximum absolute atomic E-state index is 15.4. The minimum absolute atomic E-state index is 0.248. The Balaban J connectivity index is 1.53. The number of hydrogen-bond acceptors (Lipinski definition) is 0. The molecule has 1 fully saturated rings. The van der Waals surface area contributed by atoms with Crippen molar-refractivity contribution in [3.8, 4) is 11.1 Å². The molecule has 0 spiro atoms. The van der Waals surface area contributed by atoms with Crippen LogP contribution >= 0.6 is 0 Å². The summed E-state index contributed by atoms with van der Waals surface area (Å²) >= 11 is 0. The van der Waals surface area contributed by atoms with Gasteiger partial charge in [0.05, 0.1) is 5.39 Å². The molecule has 0 radical (unpaired) electrons. The Morgan fingerprint density at radius 3 is 2.29 bits per heavy atom. The van der Waals surface area contributed by atoms with Crippen LogP contribution in [0.2, 0.25) is 0 Å². The van der Waals surface area contributed by atoms with E-state index in [0.29, 0.717) is 35.3 Å². The fraction of sp³-hybridized carbons (Fsp3) is 0.355. The highest BCUT2D eigenvalue weighted by molar-refractivity contribution is 5.89. The molecule has 1 saturated carbocycles. The quantitative estimate of drug-likeness (QED) is 0.292. The molecule has 0 heterocycles. The van der Waals surface area contributed by atoms with Crippen molar-refractivity contribution in [2.75, 3.05) is 0 Å². The molecular formula is C31H33F3. The van der Waals surface area contributed by atoms with Crippen LogP contribution in [0.15, 0.2) is 67.3 Å². The van der Waals surface area contributed by atoms with Crippen molar-refractivity contribution in [1.29, 1.82) is 0 Å². The van der Waals surface area contributed by atoms with Gasteiger partial charge in [-0.05, 0) is 98.3 Å². The summed E-state index contributed by atoms with van der Waals surface area (Å²) in [5.41, 5.74) is 2.50. The fourth-order valence-electron chi connectivity index (χ4n) is 5.32. The van der Waals surface area contributed by atoms with Crippen LogP contribution in [0.3, 0.4) is 0 Å². The maximum atomic E-state index is 15.4. The summed E-state index contributed by atoms with van der Waals surface area (Å²) in [6.07, 6.45) is 14.2. The predicted molar refractivity (Wildman–Crippen MR) is 137 cm³/mol. The highest BCUT2D eigenvalue weighted by Gasteiger charge is 2.23. The first-order valence-corrected chi connectivity index (χ1v) is 12.4. The highest BCUT2D eigenvalue weighted by atomic mass is 19.2. The summed E-state index contributed by atoms with van der Waals surface area (Å²) in [6.45, 7) is 5.69. The number of fused-ring (bicyclic) bond motifs is 1. The molecule has 178 valence electrons. The normalized spacial score (nSPS) is 18.6. The first-order valence-electron chi connectivity index (χ1n) is 12.4. The smallest absolute Gasteiger partial charge is 0.169 e. The largest absolute Gasteiger partial charge is 0.206 e. The molecule has 34 heavy (non-hydrogen) atoms. The van der Waals surface area contributed by atoms with Crippen molar-refractivity contribution in [3.63, 3.8) is 0 Å². The van der Waals surface area contributed by atoms with Crippen LogP contribution in [0.25, 0.3) is 21.9 Å². The maximum Gasteiger partial charge on any atom is 0.169 e. The number of rotatable bonds is 8. The molecule has 0 aromatic heterocycles. The zero-order chi connectivity index (χ0) is 24.1. The average molecular weight is 463 g/mol. The van der Waals surface area contributed by atoms with Gasteiger partial charge in [0, 0.05) is 5.56 Å². The molecule has 0 unspecified atom stereocenters.